The zero-order valence-corrected chi connectivity index (χ0v) is 17.0. The molecule has 0 aliphatic heterocycles. The van der Waals surface area contributed by atoms with Crippen LogP contribution in [0.5, 0.6) is 0 Å². The number of pyridine rings is 1. The van der Waals surface area contributed by atoms with Crippen LogP contribution in [0, 0.1) is 0 Å². The number of allylic oxidation sites excluding steroid dienone is 5. The van der Waals surface area contributed by atoms with E-state index in [2.05, 4.69) is 67.2 Å². The second-order valence-electron chi connectivity index (χ2n) is 7.55. The number of rotatable bonds is 6. The lowest BCUT2D eigenvalue weighted by atomic mass is 9.96. The normalized spacial score (nSPS) is 16.6. The summed E-state index contributed by atoms with van der Waals surface area (Å²) in [4.78, 5) is 7.76. The number of H-pyrrole nitrogens is 1. The molecule has 3 aromatic rings. The zero-order chi connectivity index (χ0) is 19.5. The molecule has 1 saturated carbocycles. The fourth-order valence-electron chi connectivity index (χ4n) is 3.57. The van der Waals surface area contributed by atoms with E-state index in [1.165, 1.54) is 46.7 Å². The molecule has 0 saturated heterocycles. The van der Waals surface area contributed by atoms with Crippen molar-refractivity contribution in [2.75, 3.05) is 0 Å². The molecule has 1 N–H and O–H groups in total. The molecule has 1 fully saturated rings. The van der Waals surface area contributed by atoms with Crippen LogP contribution in [0.1, 0.15) is 52.0 Å². The molecule has 1 aromatic carbocycles. The summed E-state index contributed by atoms with van der Waals surface area (Å²) in [6.45, 7) is 6.43. The highest BCUT2D eigenvalue weighted by atomic mass is 16.5. The molecule has 3 nitrogen and oxygen atoms in total. The number of hydrogen-bond acceptors (Lipinski definition) is 2. The van der Waals surface area contributed by atoms with Crippen molar-refractivity contribution in [1.29, 1.82) is 0 Å². The summed E-state index contributed by atoms with van der Waals surface area (Å²) in [6, 6.07) is 8.61. The summed E-state index contributed by atoms with van der Waals surface area (Å²) in [6.07, 6.45) is 15.3. The van der Waals surface area contributed by atoms with Gasteiger partial charge < -0.3 is 9.72 Å². The van der Waals surface area contributed by atoms with E-state index in [4.69, 9.17) is 4.74 Å². The van der Waals surface area contributed by atoms with Crippen LogP contribution < -0.4 is 0 Å². The molecule has 2 aromatic heterocycles. The van der Waals surface area contributed by atoms with Crippen LogP contribution in [0.3, 0.4) is 0 Å². The van der Waals surface area contributed by atoms with E-state index in [1.54, 1.807) is 0 Å². The predicted molar refractivity (Wildman–Crippen MR) is 118 cm³/mol. The standard InChI is InChI=1S/C25H28N2O/c1-4-17(3)25(28-20-7-6-8-20)12-10-18(5-2)19-9-11-21-22-16-26-14-13-23(22)27-24(21)15-19/h5,9-16,20,27H,4,6-8H2,1-3H3/b12-10-,18-5+,25-17-. The Morgan fingerprint density at radius 1 is 1.18 bits per heavy atom. The van der Waals surface area contributed by atoms with E-state index < -0.39 is 0 Å². The van der Waals surface area contributed by atoms with Gasteiger partial charge in [-0.25, -0.2) is 0 Å². The highest BCUT2D eigenvalue weighted by Gasteiger charge is 2.20. The first-order valence-electron chi connectivity index (χ1n) is 10.3. The summed E-state index contributed by atoms with van der Waals surface area (Å²) < 4.78 is 6.23. The average Bonchev–Trinajstić information content (AvgIpc) is 3.06. The number of nitrogens with one attached hydrogen (secondary N) is 1. The van der Waals surface area contributed by atoms with Gasteiger partial charge in [0.05, 0.1) is 6.10 Å². The minimum Gasteiger partial charge on any atom is -0.491 e. The number of fused-ring (bicyclic) bond motifs is 3. The molecule has 0 atom stereocenters. The lowest BCUT2D eigenvalue weighted by molar-refractivity contribution is 0.0572. The highest BCUT2D eigenvalue weighted by Crippen LogP contribution is 2.29. The van der Waals surface area contributed by atoms with Crippen LogP contribution in [-0.2, 0) is 4.74 Å². The highest BCUT2D eigenvalue weighted by molar-refractivity contribution is 6.07. The molecule has 1 aliphatic carbocycles. The van der Waals surface area contributed by atoms with Gasteiger partial charge in [-0.05, 0) is 74.4 Å². The third-order valence-corrected chi connectivity index (χ3v) is 5.76. The van der Waals surface area contributed by atoms with Gasteiger partial charge in [-0.15, -0.1) is 0 Å². The van der Waals surface area contributed by atoms with Crippen molar-refractivity contribution in [2.24, 2.45) is 0 Å². The monoisotopic (exact) mass is 372 g/mol. The molecule has 144 valence electrons. The van der Waals surface area contributed by atoms with E-state index in [9.17, 15) is 0 Å². The van der Waals surface area contributed by atoms with Crippen molar-refractivity contribution in [2.45, 2.75) is 52.6 Å². The average molecular weight is 373 g/mol. The minimum absolute atomic E-state index is 0.395. The molecule has 3 heteroatoms. The summed E-state index contributed by atoms with van der Waals surface area (Å²) in [5.74, 6) is 1.03. The number of aromatic nitrogens is 2. The molecular weight excluding hydrogens is 344 g/mol. The molecule has 0 spiro atoms. The Labute approximate surface area is 166 Å². The minimum atomic E-state index is 0.395. The van der Waals surface area contributed by atoms with Gasteiger partial charge in [-0.2, -0.15) is 0 Å². The molecule has 0 amide bonds. The maximum absolute atomic E-state index is 6.23. The Balaban J connectivity index is 1.64. The van der Waals surface area contributed by atoms with Gasteiger partial charge in [0.1, 0.15) is 5.76 Å². The summed E-state index contributed by atoms with van der Waals surface area (Å²) >= 11 is 0. The fourth-order valence-corrected chi connectivity index (χ4v) is 3.57. The van der Waals surface area contributed by atoms with Crippen molar-refractivity contribution in [3.05, 3.63) is 71.8 Å². The van der Waals surface area contributed by atoms with Gasteiger partial charge in [0.2, 0.25) is 0 Å². The van der Waals surface area contributed by atoms with E-state index >= 15 is 0 Å². The van der Waals surface area contributed by atoms with Gasteiger partial charge in [-0.3, -0.25) is 4.98 Å². The SMILES string of the molecule is C\C=C(/C=C\C(OC1CCC1)=C(/C)CC)c1ccc2c(c1)[nH]c1ccncc12. The Morgan fingerprint density at radius 3 is 2.75 bits per heavy atom. The zero-order valence-electron chi connectivity index (χ0n) is 17.0. The number of nitrogens with zero attached hydrogens (tertiary/aromatic N) is 1. The van der Waals surface area contributed by atoms with Crippen LogP contribution >= 0.6 is 0 Å². The van der Waals surface area contributed by atoms with Crippen LogP contribution in [0.15, 0.2) is 66.2 Å². The first-order valence-corrected chi connectivity index (χ1v) is 10.3. The van der Waals surface area contributed by atoms with Crippen molar-refractivity contribution < 1.29 is 4.74 Å². The number of aromatic amines is 1. The van der Waals surface area contributed by atoms with Crippen LogP contribution in [0.2, 0.25) is 0 Å². The lowest BCUT2D eigenvalue weighted by Crippen LogP contribution is -2.21. The first kappa shape index (κ1) is 18.5. The number of hydrogen-bond donors (Lipinski definition) is 1. The molecule has 0 radical (unpaired) electrons. The fraction of sp³-hybridized carbons (Fsp3) is 0.320. The maximum atomic E-state index is 6.23. The smallest absolute Gasteiger partial charge is 0.118 e. The Kier molecular flexibility index (Phi) is 5.34. The van der Waals surface area contributed by atoms with Gasteiger partial charge in [-0.1, -0.05) is 31.2 Å². The molecular formula is C25H28N2O. The van der Waals surface area contributed by atoms with Gasteiger partial charge in [0.25, 0.3) is 0 Å². The predicted octanol–water partition coefficient (Wildman–Crippen LogP) is 6.93. The second-order valence-corrected chi connectivity index (χ2v) is 7.55. The van der Waals surface area contributed by atoms with Crippen molar-refractivity contribution in [3.63, 3.8) is 0 Å². The molecule has 1 aliphatic rings. The number of ether oxygens (including phenoxy) is 1. The molecule has 2 heterocycles. The van der Waals surface area contributed by atoms with Crippen molar-refractivity contribution in [3.8, 4) is 0 Å². The van der Waals surface area contributed by atoms with Gasteiger partial charge in [0, 0.05) is 34.2 Å². The topological polar surface area (TPSA) is 37.9 Å². The van der Waals surface area contributed by atoms with E-state index in [-0.39, 0.29) is 0 Å². The third kappa shape index (κ3) is 3.62. The van der Waals surface area contributed by atoms with Gasteiger partial charge in [0.15, 0.2) is 0 Å². The van der Waals surface area contributed by atoms with E-state index in [0.29, 0.717) is 6.10 Å². The lowest BCUT2D eigenvalue weighted by Gasteiger charge is -2.27. The number of benzene rings is 1. The largest absolute Gasteiger partial charge is 0.491 e. The van der Waals surface area contributed by atoms with Crippen LogP contribution in [0.4, 0.5) is 0 Å². The third-order valence-electron chi connectivity index (χ3n) is 5.76. The van der Waals surface area contributed by atoms with Crippen molar-refractivity contribution >= 4 is 27.4 Å². The van der Waals surface area contributed by atoms with E-state index in [0.717, 1.165) is 23.2 Å². The maximum Gasteiger partial charge on any atom is 0.118 e. The van der Waals surface area contributed by atoms with Crippen LogP contribution in [0.25, 0.3) is 27.4 Å². The Bertz CT molecular complexity index is 1080. The molecule has 0 unspecified atom stereocenters. The first-order chi connectivity index (χ1) is 13.7. The molecule has 4 rings (SSSR count). The summed E-state index contributed by atoms with van der Waals surface area (Å²) in [5.41, 5.74) is 5.95. The molecule has 0 bridgehead atoms. The summed E-state index contributed by atoms with van der Waals surface area (Å²) in [5, 5.41) is 2.38. The Morgan fingerprint density at radius 2 is 2.04 bits per heavy atom. The summed E-state index contributed by atoms with van der Waals surface area (Å²) in [7, 11) is 0. The van der Waals surface area contributed by atoms with Crippen molar-refractivity contribution in [1.82, 2.24) is 9.97 Å². The Hall–Kier alpha value is -2.81. The van der Waals surface area contributed by atoms with Gasteiger partial charge >= 0.3 is 0 Å². The van der Waals surface area contributed by atoms with Crippen LogP contribution in [-0.4, -0.2) is 16.1 Å². The van der Waals surface area contributed by atoms with E-state index in [1.807, 2.05) is 18.5 Å². The second kappa shape index (κ2) is 8.05. The quantitative estimate of drug-likeness (QED) is 0.376. The molecule has 28 heavy (non-hydrogen) atoms.